The van der Waals surface area contributed by atoms with Gasteiger partial charge in [0.2, 0.25) is 0 Å². The molecule has 0 aliphatic carbocycles. The zero-order valence-electron chi connectivity index (χ0n) is 11.7. The van der Waals surface area contributed by atoms with Crippen LogP contribution in [0.2, 0.25) is 0 Å². The Hall–Kier alpha value is -2.76. The molecule has 0 saturated heterocycles. The molecular weight excluding hydrogens is 292 g/mol. The van der Waals surface area contributed by atoms with Gasteiger partial charge in [-0.05, 0) is 30.7 Å². The molecular formula is C16H13F2NO3. The van der Waals surface area contributed by atoms with Crippen LogP contribution in [0, 0.1) is 18.6 Å². The number of rotatable bonds is 4. The van der Waals surface area contributed by atoms with Gasteiger partial charge in [-0.3, -0.25) is 4.79 Å². The van der Waals surface area contributed by atoms with Gasteiger partial charge in [-0.15, -0.1) is 0 Å². The summed E-state index contributed by atoms with van der Waals surface area (Å²) in [5.41, 5.74) is 1.02. The third kappa shape index (κ3) is 3.88. The molecule has 2 rings (SSSR count). The van der Waals surface area contributed by atoms with E-state index in [0.29, 0.717) is 11.8 Å². The van der Waals surface area contributed by atoms with Gasteiger partial charge in [0.1, 0.15) is 11.6 Å². The fourth-order valence-electron chi connectivity index (χ4n) is 1.76. The first kappa shape index (κ1) is 15.6. The number of ether oxygens (including phenoxy) is 1. The highest BCUT2D eigenvalue weighted by atomic mass is 19.1. The van der Waals surface area contributed by atoms with Gasteiger partial charge in [-0.2, -0.15) is 0 Å². The van der Waals surface area contributed by atoms with Crippen LogP contribution in [-0.4, -0.2) is 18.5 Å². The standard InChI is InChI=1S/C16H13F2NO3/c1-10-4-2-3-5-14(10)19-15(20)9-22-16(21)12-7-6-11(17)8-13(12)18/h2-8H,9H2,1H3,(H,19,20). The van der Waals surface area contributed by atoms with Crippen LogP contribution < -0.4 is 5.32 Å². The Balaban J connectivity index is 1.93. The van der Waals surface area contributed by atoms with Crippen LogP contribution in [0.25, 0.3) is 0 Å². The molecule has 0 spiro atoms. The van der Waals surface area contributed by atoms with Crippen molar-refractivity contribution in [1.82, 2.24) is 0 Å². The van der Waals surface area contributed by atoms with Gasteiger partial charge in [-0.1, -0.05) is 18.2 Å². The van der Waals surface area contributed by atoms with Crippen molar-refractivity contribution >= 4 is 17.6 Å². The van der Waals surface area contributed by atoms with Crippen LogP contribution in [0.5, 0.6) is 0 Å². The fraction of sp³-hybridized carbons (Fsp3) is 0.125. The maximum absolute atomic E-state index is 13.4. The summed E-state index contributed by atoms with van der Waals surface area (Å²) in [5.74, 6) is -3.42. The molecule has 0 fully saturated rings. The lowest BCUT2D eigenvalue weighted by Crippen LogP contribution is -2.21. The Morgan fingerprint density at radius 2 is 1.86 bits per heavy atom. The number of halogens is 2. The zero-order chi connectivity index (χ0) is 16.1. The molecule has 4 nitrogen and oxygen atoms in total. The number of anilines is 1. The lowest BCUT2D eigenvalue weighted by atomic mass is 10.2. The second-order valence-electron chi connectivity index (χ2n) is 4.56. The smallest absolute Gasteiger partial charge is 0.341 e. The summed E-state index contributed by atoms with van der Waals surface area (Å²) in [5, 5.41) is 2.57. The molecule has 1 amide bonds. The van der Waals surface area contributed by atoms with E-state index in [9.17, 15) is 18.4 Å². The van der Waals surface area contributed by atoms with Gasteiger partial charge in [0.15, 0.2) is 6.61 Å². The molecule has 2 aromatic rings. The number of hydrogen-bond donors (Lipinski definition) is 1. The van der Waals surface area contributed by atoms with E-state index in [1.807, 2.05) is 19.1 Å². The predicted molar refractivity (Wildman–Crippen MR) is 76.4 cm³/mol. The van der Waals surface area contributed by atoms with Crippen LogP contribution in [0.1, 0.15) is 15.9 Å². The summed E-state index contributed by atoms with van der Waals surface area (Å²) in [6.45, 7) is 1.25. The zero-order valence-corrected chi connectivity index (χ0v) is 11.7. The van der Waals surface area contributed by atoms with Crippen molar-refractivity contribution in [2.45, 2.75) is 6.92 Å². The van der Waals surface area contributed by atoms with Crippen LogP contribution in [0.4, 0.5) is 14.5 Å². The summed E-state index contributed by atoms with van der Waals surface area (Å²) in [6.07, 6.45) is 0. The SMILES string of the molecule is Cc1ccccc1NC(=O)COC(=O)c1ccc(F)cc1F. The Morgan fingerprint density at radius 1 is 1.14 bits per heavy atom. The predicted octanol–water partition coefficient (Wildman–Crippen LogP) is 3.07. The van der Waals surface area contributed by atoms with Gasteiger partial charge in [0, 0.05) is 11.8 Å². The number of amides is 1. The summed E-state index contributed by atoms with van der Waals surface area (Å²) in [6, 6.07) is 9.57. The maximum Gasteiger partial charge on any atom is 0.341 e. The highest BCUT2D eigenvalue weighted by Gasteiger charge is 2.15. The Labute approximate surface area is 125 Å². The van der Waals surface area contributed by atoms with Crippen molar-refractivity contribution in [3.8, 4) is 0 Å². The van der Waals surface area contributed by atoms with Crippen LogP contribution >= 0.6 is 0 Å². The number of hydrogen-bond acceptors (Lipinski definition) is 3. The molecule has 1 N–H and O–H groups in total. The lowest BCUT2D eigenvalue weighted by Gasteiger charge is -2.09. The van der Waals surface area contributed by atoms with Crippen LogP contribution in [-0.2, 0) is 9.53 Å². The highest BCUT2D eigenvalue weighted by molar-refractivity contribution is 5.95. The van der Waals surface area contributed by atoms with Gasteiger partial charge in [0.25, 0.3) is 5.91 Å². The first-order valence-corrected chi connectivity index (χ1v) is 6.45. The van der Waals surface area contributed by atoms with E-state index in [4.69, 9.17) is 4.74 Å². The van der Waals surface area contributed by atoms with E-state index >= 15 is 0 Å². The highest BCUT2D eigenvalue weighted by Crippen LogP contribution is 2.13. The number of carbonyl (C=O) groups is 2. The quantitative estimate of drug-likeness (QED) is 0.883. The molecule has 0 radical (unpaired) electrons. The molecule has 0 heterocycles. The molecule has 0 saturated carbocycles. The maximum atomic E-state index is 13.4. The number of para-hydroxylation sites is 1. The van der Waals surface area contributed by atoms with E-state index in [0.717, 1.165) is 17.7 Å². The van der Waals surface area contributed by atoms with Crippen LogP contribution in [0.3, 0.4) is 0 Å². The number of carbonyl (C=O) groups excluding carboxylic acids is 2. The van der Waals surface area contributed by atoms with Crippen LogP contribution in [0.15, 0.2) is 42.5 Å². The van der Waals surface area contributed by atoms with Crippen molar-refractivity contribution < 1.29 is 23.1 Å². The molecule has 0 atom stereocenters. The molecule has 0 aliphatic rings. The minimum Gasteiger partial charge on any atom is -0.452 e. The summed E-state index contributed by atoms with van der Waals surface area (Å²) >= 11 is 0. The average molecular weight is 305 g/mol. The third-order valence-electron chi connectivity index (χ3n) is 2.90. The van der Waals surface area contributed by atoms with E-state index in [-0.39, 0.29) is 0 Å². The van der Waals surface area contributed by atoms with Crippen molar-refractivity contribution in [2.75, 3.05) is 11.9 Å². The number of esters is 1. The van der Waals surface area contributed by atoms with Crippen molar-refractivity contribution in [1.29, 1.82) is 0 Å². The summed E-state index contributed by atoms with van der Waals surface area (Å²) in [4.78, 5) is 23.3. The van der Waals surface area contributed by atoms with E-state index in [1.54, 1.807) is 12.1 Å². The Kier molecular flexibility index (Phi) is 4.83. The molecule has 0 unspecified atom stereocenters. The number of benzene rings is 2. The first-order valence-electron chi connectivity index (χ1n) is 6.45. The molecule has 22 heavy (non-hydrogen) atoms. The first-order chi connectivity index (χ1) is 10.5. The summed E-state index contributed by atoms with van der Waals surface area (Å²) in [7, 11) is 0. The molecule has 114 valence electrons. The minimum atomic E-state index is -1.04. The molecule has 6 heteroatoms. The number of aryl methyl sites for hydroxylation is 1. The second kappa shape index (κ2) is 6.80. The van der Waals surface area contributed by atoms with Gasteiger partial charge >= 0.3 is 5.97 Å². The molecule has 0 bridgehead atoms. The van der Waals surface area contributed by atoms with Crippen molar-refractivity contribution in [3.05, 3.63) is 65.2 Å². The topological polar surface area (TPSA) is 55.4 Å². The van der Waals surface area contributed by atoms with Crippen molar-refractivity contribution in [3.63, 3.8) is 0 Å². The summed E-state index contributed by atoms with van der Waals surface area (Å²) < 4.78 is 30.8. The number of nitrogens with one attached hydrogen (secondary N) is 1. The fourth-order valence-corrected chi connectivity index (χ4v) is 1.76. The normalized spacial score (nSPS) is 10.1. The van der Waals surface area contributed by atoms with Gasteiger partial charge in [-0.25, -0.2) is 13.6 Å². The molecule has 0 aliphatic heterocycles. The van der Waals surface area contributed by atoms with E-state index in [2.05, 4.69) is 5.32 Å². The van der Waals surface area contributed by atoms with Gasteiger partial charge in [0.05, 0.1) is 5.56 Å². The average Bonchev–Trinajstić information content (AvgIpc) is 2.47. The van der Waals surface area contributed by atoms with E-state index in [1.165, 1.54) is 0 Å². The largest absolute Gasteiger partial charge is 0.452 e. The van der Waals surface area contributed by atoms with Gasteiger partial charge < -0.3 is 10.1 Å². The minimum absolute atomic E-state index is 0.426. The van der Waals surface area contributed by atoms with Crippen molar-refractivity contribution in [2.24, 2.45) is 0 Å². The third-order valence-corrected chi connectivity index (χ3v) is 2.90. The monoisotopic (exact) mass is 305 g/mol. The lowest BCUT2D eigenvalue weighted by molar-refractivity contribution is -0.119. The molecule has 0 aromatic heterocycles. The Bertz CT molecular complexity index is 716. The van der Waals surface area contributed by atoms with E-state index < -0.39 is 35.7 Å². The molecule has 2 aromatic carbocycles. The Morgan fingerprint density at radius 3 is 2.55 bits per heavy atom. The second-order valence-corrected chi connectivity index (χ2v) is 4.56.